The summed E-state index contributed by atoms with van der Waals surface area (Å²) in [4.78, 5) is 5.79. The molecular formula is C14H24N2O. The lowest BCUT2D eigenvalue weighted by atomic mass is 9.58. The minimum atomic E-state index is 0.504. The summed E-state index contributed by atoms with van der Waals surface area (Å²) in [6, 6.07) is 0.570. The summed E-state index contributed by atoms with van der Waals surface area (Å²) >= 11 is 0. The Morgan fingerprint density at radius 1 is 0.941 bits per heavy atom. The van der Waals surface area contributed by atoms with Crippen molar-refractivity contribution in [2.45, 2.75) is 44.8 Å². The molecular weight excluding hydrogens is 212 g/mol. The zero-order valence-electron chi connectivity index (χ0n) is 10.7. The molecule has 7 atom stereocenters. The number of piperidine rings is 1. The highest BCUT2D eigenvalue weighted by molar-refractivity contribution is 4.99. The monoisotopic (exact) mass is 236 g/mol. The summed E-state index contributed by atoms with van der Waals surface area (Å²) < 4.78 is 0. The lowest BCUT2D eigenvalue weighted by molar-refractivity contribution is -0.0546. The summed E-state index contributed by atoms with van der Waals surface area (Å²) in [5.74, 6) is 4.62. The molecule has 0 radical (unpaired) electrons. The first kappa shape index (κ1) is 10.8. The second-order valence-electron chi connectivity index (χ2n) is 6.88. The number of hydroxylamine groups is 1. The lowest BCUT2D eigenvalue weighted by Crippen LogP contribution is -2.50. The van der Waals surface area contributed by atoms with Gasteiger partial charge in [0.05, 0.1) is 6.10 Å². The van der Waals surface area contributed by atoms with Crippen molar-refractivity contribution in [2.75, 3.05) is 13.1 Å². The molecule has 0 amide bonds. The van der Waals surface area contributed by atoms with Crippen molar-refractivity contribution < 1.29 is 4.84 Å². The number of hydrogen-bond acceptors (Lipinski definition) is 3. The molecule has 17 heavy (non-hydrogen) atoms. The van der Waals surface area contributed by atoms with Crippen LogP contribution in [0.5, 0.6) is 0 Å². The Kier molecular flexibility index (Phi) is 2.50. The molecule has 96 valence electrons. The smallest absolute Gasteiger partial charge is 0.0837 e. The molecule has 2 aliphatic carbocycles. The fourth-order valence-electron chi connectivity index (χ4n) is 5.11. The van der Waals surface area contributed by atoms with E-state index >= 15 is 0 Å². The van der Waals surface area contributed by atoms with Gasteiger partial charge in [-0.3, -0.25) is 4.84 Å². The van der Waals surface area contributed by atoms with Crippen LogP contribution in [0.15, 0.2) is 0 Å². The molecule has 0 aromatic rings. The molecule has 0 spiro atoms. The van der Waals surface area contributed by atoms with Gasteiger partial charge in [0.2, 0.25) is 0 Å². The van der Waals surface area contributed by atoms with Crippen LogP contribution >= 0.6 is 0 Å². The summed E-state index contributed by atoms with van der Waals surface area (Å²) in [6.07, 6.45) is 6.19. The molecule has 2 saturated heterocycles. The average Bonchev–Trinajstić information content (AvgIpc) is 2.70. The highest BCUT2D eigenvalue weighted by Gasteiger charge is 2.49. The Labute approximate surface area is 104 Å². The maximum atomic E-state index is 5.79. The van der Waals surface area contributed by atoms with Crippen molar-refractivity contribution in [3.63, 3.8) is 0 Å². The predicted octanol–water partition coefficient (Wildman–Crippen LogP) is 1.55. The van der Waals surface area contributed by atoms with Crippen LogP contribution in [0.4, 0.5) is 0 Å². The Morgan fingerprint density at radius 3 is 2.76 bits per heavy atom. The van der Waals surface area contributed by atoms with Crippen LogP contribution in [0.2, 0.25) is 0 Å². The van der Waals surface area contributed by atoms with Crippen LogP contribution in [0, 0.1) is 29.6 Å². The summed E-state index contributed by atoms with van der Waals surface area (Å²) in [6.45, 7) is 4.83. The van der Waals surface area contributed by atoms with Gasteiger partial charge >= 0.3 is 0 Å². The number of hydrogen-bond donors (Lipinski definition) is 2. The van der Waals surface area contributed by atoms with E-state index in [1.54, 1.807) is 0 Å². The van der Waals surface area contributed by atoms with Gasteiger partial charge in [-0.15, -0.1) is 0 Å². The molecule has 2 bridgehead atoms. The van der Waals surface area contributed by atoms with Crippen LogP contribution in [-0.4, -0.2) is 25.2 Å². The highest BCUT2D eigenvalue weighted by Crippen LogP contribution is 2.50. The topological polar surface area (TPSA) is 33.3 Å². The van der Waals surface area contributed by atoms with E-state index in [2.05, 4.69) is 17.7 Å². The standard InChI is InChI=1S/C14H24N2O/c1-8-12-4-10-2-9-3-11(7-15-6-9)13(10)5-14(12)17-16-8/h8-16H,2-7H2,1H3. The SMILES string of the molecule is CC1NOC2CC3C4CNCC(C4)CC3CC12. The Hall–Kier alpha value is -0.120. The van der Waals surface area contributed by atoms with Crippen molar-refractivity contribution in [2.24, 2.45) is 29.6 Å². The normalized spacial score (nSPS) is 57.4. The van der Waals surface area contributed by atoms with Crippen LogP contribution in [-0.2, 0) is 4.84 Å². The van der Waals surface area contributed by atoms with E-state index in [0.29, 0.717) is 12.1 Å². The molecule has 3 nitrogen and oxygen atoms in total. The first-order valence-corrected chi connectivity index (χ1v) is 7.43. The van der Waals surface area contributed by atoms with E-state index in [4.69, 9.17) is 4.84 Å². The Balaban J connectivity index is 1.55. The van der Waals surface area contributed by atoms with E-state index in [1.807, 2.05) is 0 Å². The first-order chi connectivity index (χ1) is 8.31. The minimum Gasteiger partial charge on any atom is -0.316 e. The molecule has 2 heterocycles. The first-order valence-electron chi connectivity index (χ1n) is 7.43. The van der Waals surface area contributed by atoms with Crippen molar-refractivity contribution in [3.05, 3.63) is 0 Å². The van der Waals surface area contributed by atoms with Gasteiger partial charge in [-0.05, 0) is 69.4 Å². The number of rotatable bonds is 0. The van der Waals surface area contributed by atoms with E-state index in [1.165, 1.54) is 38.8 Å². The maximum absolute atomic E-state index is 5.79. The van der Waals surface area contributed by atoms with Crippen molar-refractivity contribution in [1.29, 1.82) is 0 Å². The minimum absolute atomic E-state index is 0.504. The van der Waals surface area contributed by atoms with E-state index in [9.17, 15) is 0 Å². The summed E-state index contributed by atoms with van der Waals surface area (Å²) in [5, 5.41) is 3.63. The molecule has 4 aliphatic rings. The number of nitrogens with one attached hydrogen (secondary N) is 2. The van der Waals surface area contributed by atoms with Crippen LogP contribution in [0.3, 0.4) is 0 Å². The predicted molar refractivity (Wildman–Crippen MR) is 66.3 cm³/mol. The summed E-state index contributed by atoms with van der Waals surface area (Å²) in [5.41, 5.74) is 3.22. The van der Waals surface area contributed by atoms with Gasteiger partial charge in [0.15, 0.2) is 0 Å². The highest BCUT2D eigenvalue weighted by atomic mass is 16.7. The maximum Gasteiger partial charge on any atom is 0.0837 e. The van der Waals surface area contributed by atoms with Crippen LogP contribution < -0.4 is 10.8 Å². The third kappa shape index (κ3) is 1.66. The fourth-order valence-corrected chi connectivity index (χ4v) is 5.11. The molecule has 4 fully saturated rings. The third-order valence-electron chi connectivity index (χ3n) is 5.93. The molecule has 2 aliphatic heterocycles. The second-order valence-corrected chi connectivity index (χ2v) is 6.88. The fraction of sp³-hybridized carbons (Fsp3) is 1.00. The van der Waals surface area contributed by atoms with E-state index in [0.717, 1.165) is 29.6 Å². The second kappa shape index (κ2) is 3.94. The van der Waals surface area contributed by atoms with E-state index in [-0.39, 0.29) is 0 Å². The van der Waals surface area contributed by atoms with Gasteiger partial charge in [0.1, 0.15) is 0 Å². The van der Waals surface area contributed by atoms with Gasteiger partial charge in [-0.2, -0.15) is 5.48 Å². The van der Waals surface area contributed by atoms with Gasteiger partial charge in [0.25, 0.3) is 0 Å². The zero-order chi connectivity index (χ0) is 11.4. The van der Waals surface area contributed by atoms with Crippen molar-refractivity contribution in [1.82, 2.24) is 10.8 Å². The third-order valence-corrected chi connectivity index (χ3v) is 5.93. The molecule has 4 rings (SSSR count). The van der Waals surface area contributed by atoms with Crippen LogP contribution in [0.1, 0.15) is 32.6 Å². The Morgan fingerprint density at radius 2 is 1.82 bits per heavy atom. The average molecular weight is 236 g/mol. The lowest BCUT2D eigenvalue weighted by Gasteiger charge is -2.50. The molecule has 3 heteroatoms. The molecule has 0 aromatic carbocycles. The van der Waals surface area contributed by atoms with Gasteiger partial charge < -0.3 is 5.32 Å². The van der Waals surface area contributed by atoms with E-state index < -0.39 is 0 Å². The molecule has 7 unspecified atom stereocenters. The largest absolute Gasteiger partial charge is 0.316 e. The molecule has 2 N–H and O–H groups in total. The molecule has 2 saturated carbocycles. The van der Waals surface area contributed by atoms with Crippen molar-refractivity contribution >= 4 is 0 Å². The van der Waals surface area contributed by atoms with Gasteiger partial charge in [0, 0.05) is 12.0 Å². The quantitative estimate of drug-likeness (QED) is 0.669. The summed E-state index contributed by atoms with van der Waals surface area (Å²) in [7, 11) is 0. The van der Waals surface area contributed by atoms with Gasteiger partial charge in [-0.1, -0.05) is 0 Å². The zero-order valence-corrected chi connectivity index (χ0v) is 10.7. The number of fused-ring (bicyclic) bond motifs is 5. The van der Waals surface area contributed by atoms with Crippen LogP contribution in [0.25, 0.3) is 0 Å². The van der Waals surface area contributed by atoms with Gasteiger partial charge in [-0.25, -0.2) is 0 Å². The molecule has 0 aromatic heterocycles. The van der Waals surface area contributed by atoms with Crippen molar-refractivity contribution in [3.8, 4) is 0 Å². The Bertz CT molecular complexity index is 309.